The average molecular weight is 301 g/mol. The zero-order valence-corrected chi connectivity index (χ0v) is 12.6. The van der Waals surface area contributed by atoms with Crippen molar-refractivity contribution in [1.82, 2.24) is 0 Å². The van der Waals surface area contributed by atoms with Gasteiger partial charge in [0.2, 0.25) is 0 Å². The number of hydrogen-bond acceptors (Lipinski definition) is 2. The second kappa shape index (κ2) is 7.65. The van der Waals surface area contributed by atoms with Crippen LogP contribution in [-0.2, 0) is 11.2 Å². The van der Waals surface area contributed by atoms with E-state index in [0.29, 0.717) is 10.8 Å². The molecule has 108 valence electrons. The summed E-state index contributed by atoms with van der Waals surface area (Å²) in [5.74, 6) is 0.161. The Labute approximate surface area is 130 Å². The normalized spacial score (nSPS) is 10.8. The lowest BCUT2D eigenvalue weighted by Crippen LogP contribution is -2.03. The highest BCUT2D eigenvalue weighted by Gasteiger charge is 2.00. The lowest BCUT2D eigenvalue weighted by Gasteiger charge is -2.03. The van der Waals surface area contributed by atoms with Crippen LogP contribution in [0.25, 0.3) is 6.08 Å². The second-order valence-corrected chi connectivity index (χ2v) is 5.14. The quantitative estimate of drug-likeness (QED) is 0.445. The van der Waals surface area contributed by atoms with Crippen molar-refractivity contribution in [2.45, 2.75) is 19.8 Å². The largest absolute Gasteiger partial charge is 0.423 e. The molecule has 2 rings (SSSR count). The number of benzene rings is 2. The van der Waals surface area contributed by atoms with Crippen LogP contribution in [0.15, 0.2) is 54.6 Å². The molecule has 3 heteroatoms. The van der Waals surface area contributed by atoms with Crippen LogP contribution in [0.1, 0.15) is 24.5 Å². The Kier molecular flexibility index (Phi) is 5.59. The van der Waals surface area contributed by atoms with Crippen LogP contribution in [0.3, 0.4) is 0 Å². The molecule has 2 aromatic rings. The minimum absolute atomic E-state index is 0.395. The molecule has 2 nitrogen and oxygen atoms in total. The predicted octanol–water partition coefficient (Wildman–Crippen LogP) is 4.91. The SMILES string of the molecule is CCCc1ccc(OC(=O)/C=C/c2ccc(Cl)cc2)cc1. The summed E-state index contributed by atoms with van der Waals surface area (Å²) in [6, 6.07) is 14.8. The van der Waals surface area contributed by atoms with Crippen LogP contribution in [-0.4, -0.2) is 5.97 Å². The van der Waals surface area contributed by atoms with Crippen LogP contribution < -0.4 is 4.74 Å². The lowest BCUT2D eigenvalue weighted by atomic mass is 10.1. The van der Waals surface area contributed by atoms with Crippen molar-refractivity contribution in [2.24, 2.45) is 0 Å². The van der Waals surface area contributed by atoms with Crippen LogP contribution in [0, 0.1) is 0 Å². The van der Waals surface area contributed by atoms with Crippen LogP contribution in [0.4, 0.5) is 0 Å². The number of esters is 1. The minimum atomic E-state index is -0.395. The number of aryl methyl sites for hydroxylation is 1. The topological polar surface area (TPSA) is 26.3 Å². The summed E-state index contributed by atoms with van der Waals surface area (Å²) in [5.41, 5.74) is 2.14. The van der Waals surface area contributed by atoms with Crippen LogP contribution >= 0.6 is 11.6 Å². The molecule has 0 N–H and O–H groups in total. The van der Waals surface area contributed by atoms with E-state index in [1.165, 1.54) is 11.6 Å². The van der Waals surface area contributed by atoms with Gasteiger partial charge in [0.15, 0.2) is 0 Å². The first-order valence-corrected chi connectivity index (χ1v) is 7.29. The highest BCUT2D eigenvalue weighted by Crippen LogP contribution is 2.14. The molecule has 0 aliphatic heterocycles. The van der Waals surface area contributed by atoms with Gasteiger partial charge in [-0.1, -0.05) is 49.2 Å². The van der Waals surface area contributed by atoms with Gasteiger partial charge in [0.05, 0.1) is 0 Å². The molecule has 0 aromatic heterocycles. The van der Waals surface area contributed by atoms with E-state index >= 15 is 0 Å². The Morgan fingerprint density at radius 2 is 1.76 bits per heavy atom. The highest BCUT2D eigenvalue weighted by atomic mass is 35.5. The van der Waals surface area contributed by atoms with Crippen LogP contribution in [0.5, 0.6) is 5.75 Å². The Hall–Kier alpha value is -2.06. The number of rotatable bonds is 5. The maximum absolute atomic E-state index is 11.7. The molecule has 0 fully saturated rings. The number of carbonyl (C=O) groups excluding carboxylic acids is 1. The molecule has 0 amide bonds. The number of carbonyl (C=O) groups is 1. The summed E-state index contributed by atoms with van der Waals surface area (Å²) < 4.78 is 5.24. The predicted molar refractivity (Wildman–Crippen MR) is 86.6 cm³/mol. The Morgan fingerprint density at radius 1 is 1.10 bits per heavy atom. The molecule has 0 aliphatic carbocycles. The molecule has 21 heavy (non-hydrogen) atoms. The monoisotopic (exact) mass is 300 g/mol. The van der Waals surface area contributed by atoms with Gasteiger partial charge < -0.3 is 4.74 Å². The number of ether oxygens (including phenoxy) is 1. The Morgan fingerprint density at radius 3 is 2.38 bits per heavy atom. The smallest absolute Gasteiger partial charge is 0.336 e. The van der Waals surface area contributed by atoms with Gasteiger partial charge in [0.25, 0.3) is 0 Å². The summed E-state index contributed by atoms with van der Waals surface area (Å²) in [4.78, 5) is 11.7. The molecule has 0 heterocycles. The standard InChI is InChI=1S/C18H17ClO2/c1-2-3-14-6-11-17(12-7-14)21-18(20)13-8-15-4-9-16(19)10-5-15/h4-13H,2-3H2,1H3/b13-8+. The van der Waals surface area contributed by atoms with E-state index in [2.05, 4.69) is 6.92 Å². The summed E-state index contributed by atoms with van der Waals surface area (Å²) in [7, 11) is 0. The third-order valence-corrected chi connectivity index (χ3v) is 3.21. The van der Waals surface area contributed by atoms with E-state index in [1.807, 2.05) is 36.4 Å². The second-order valence-electron chi connectivity index (χ2n) is 4.70. The molecule has 0 aliphatic rings. The summed E-state index contributed by atoms with van der Waals surface area (Å²) in [6.07, 6.45) is 5.24. The molecule has 0 unspecified atom stereocenters. The van der Waals surface area contributed by atoms with Gasteiger partial charge in [-0.15, -0.1) is 0 Å². The summed E-state index contributed by atoms with van der Waals surface area (Å²) in [6.45, 7) is 2.13. The third-order valence-electron chi connectivity index (χ3n) is 2.96. The highest BCUT2D eigenvalue weighted by molar-refractivity contribution is 6.30. The summed E-state index contributed by atoms with van der Waals surface area (Å²) >= 11 is 5.80. The van der Waals surface area contributed by atoms with Crippen molar-refractivity contribution in [3.63, 3.8) is 0 Å². The Balaban J connectivity index is 1.93. The lowest BCUT2D eigenvalue weighted by molar-refractivity contribution is -0.128. The molecule has 0 bridgehead atoms. The van der Waals surface area contributed by atoms with Crippen LogP contribution in [0.2, 0.25) is 5.02 Å². The zero-order chi connectivity index (χ0) is 15.1. The fourth-order valence-corrected chi connectivity index (χ4v) is 2.03. The van der Waals surface area contributed by atoms with Gasteiger partial charge in [0, 0.05) is 11.1 Å². The fourth-order valence-electron chi connectivity index (χ4n) is 1.90. The average Bonchev–Trinajstić information content (AvgIpc) is 2.49. The van der Waals surface area contributed by atoms with E-state index in [9.17, 15) is 4.79 Å². The van der Waals surface area contributed by atoms with Gasteiger partial charge in [-0.3, -0.25) is 0 Å². The van der Waals surface area contributed by atoms with Crippen molar-refractivity contribution in [3.8, 4) is 5.75 Å². The van der Waals surface area contributed by atoms with Crippen molar-refractivity contribution >= 4 is 23.6 Å². The van der Waals surface area contributed by atoms with E-state index in [4.69, 9.17) is 16.3 Å². The van der Waals surface area contributed by atoms with Crippen molar-refractivity contribution in [2.75, 3.05) is 0 Å². The van der Waals surface area contributed by atoms with Crippen molar-refractivity contribution in [3.05, 3.63) is 70.8 Å². The van der Waals surface area contributed by atoms with Gasteiger partial charge in [-0.25, -0.2) is 4.79 Å². The van der Waals surface area contributed by atoms with Gasteiger partial charge >= 0.3 is 5.97 Å². The van der Waals surface area contributed by atoms with Gasteiger partial charge in [-0.05, 0) is 47.9 Å². The van der Waals surface area contributed by atoms with Gasteiger partial charge in [0.1, 0.15) is 5.75 Å². The molecule has 0 saturated heterocycles. The van der Waals surface area contributed by atoms with E-state index < -0.39 is 5.97 Å². The van der Waals surface area contributed by atoms with Crippen molar-refractivity contribution in [1.29, 1.82) is 0 Å². The fraction of sp³-hybridized carbons (Fsp3) is 0.167. The number of halogens is 1. The molecular weight excluding hydrogens is 284 g/mol. The first kappa shape index (κ1) is 15.3. The van der Waals surface area contributed by atoms with E-state index in [1.54, 1.807) is 18.2 Å². The number of hydrogen-bond donors (Lipinski definition) is 0. The third kappa shape index (κ3) is 5.09. The molecule has 0 atom stereocenters. The Bertz CT molecular complexity index is 613. The molecule has 0 radical (unpaired) electrons. The molecule has 0 spiro atoms. The maximum atomic E-state index is 11.7. The molecule has 0 saturated carbocycles. The van der Waals surface area contributed by atoms with Gasteiger partial charge in [-0.2, -0.15) is 0 Å². The maximum Gasteiger partial charge on any atom is 0.336 e. The first-order chi connectivity index (χ1) is 10.2. The minimum Gasteiger partial charge on any atom is -0.423 e. The van der Waals surface area contributed by atoms with Crippen molar-refractivity contribution < 1.29 is 9.53 Å². The molecular formula is C18H17ClO2. The zero-order valence-electron chi connectivity index (χ0n) is 11.9. The first-order valence-electron chi connectivity index (χ1n) is 6.92. The summed E-state index contributed by atoms with van der Waals surface area (Å²) in [5, 5.41) is 0.668. The molecule has 2 aromatic carbocycles. The van der Waals surface area contributed by atoms with E-state index in [0.717, 1.165) is 18.4 Å². The van der Waals surface area contributed by atoms with E-state index in [-0.39, 0.29) is 0 Å².